The second-order valence-corrected chi connectivity index (χ2v) is 6.25. The summed E-state index contributed by atoms with van der Waals surface area (Å²) in [7, 11) is 0. The van der Waals surface area contributed by atoms with Gasteiger partial charge >= 0.3 is 5.97 Å². The fourth-order valence-corrected chi connectivity index (χ4v) is 3.34. The Morgan fingerprint density at radius 1 is 1.44 bits per heavy atom. The average Bonchev–Trinajstić information content (AvgIpc) is 2.78. The maximum atomic E-state index is 10.9. The summed E-state index contributed by atoms with van der Waals surface area (Å²) in [6.45, 7) is 4.42. The van der Waals surface area contributed by atoms with Crippen LogP contribution in [-0.2, 0) is 11.2 Å². The van der Waals surface area contributed by atoms with Gasteiger partial charge in [-0.05, 0) is 23.5 Å². The van der Waals surface area contributed by atoms with Crippen molar-refractivity contribution in [2.24, 2.45) is 5.92 Å². The van der Waals surface area contributed by atoms with E-state index in [0.717, 1.165) is 12.0 Å². The zero-order valence-electron chi connectivity index (χ0n) is 10.7. The highest BCUT2D eigenvalue weighted by Gasteiger charge is 2.30. The molecule has 1 aliphatic heterocycles. The lowest BCUT2D eigenvalue weighted by atomic mass is 10.0. The maximum Gasteiger partial charge on any atom is 0.321 e. The van der Waals surface area contributed by atoms with Crippen LogP contribution in [0, 0.1) is 5.92 Å². The number of benzene rings is 1. The Labute approximate surface area is 112 Å². The number of carboxylic acids is 1. The van der Waals surface area contributed by atoms with Crippen molar-refractivity contribution in [3.63, 3.8) is 0 Å². The Bertz CT molecular complexity index is 416. The predicted octanol–water partition coefficient (Wildman–Crippen LogP) is 2.67. The lowest BCUT2D eigenvalue weighted by molar-refractivity contribution is -0.138. The number of carboxylic acid groups (broad SMARTS) is 1. The van der Waals surface area contributed by atoms with E-state index in [0.29, 0.717) is 11.7 Å². The van der Waals surface area contributed by atoms with E-state index >= 15 is 0 Å². The quantitative estimate of drug-likeness (QED) is 0.879. The van der Waals surface area contributed by atoms with Gasteiger partial charge in [0.1, 0.15) is 6.04 Å². The van der Waals surface area contributed by atoms with E-state index in [1.807, 2.05) is 0 Å². The molecule has 3 nitrogen and oxygen atoms in total. The largest absolute Gasteiger partial charge is 0.480 e. The molecule has 2 unspecified atom stereocenters. The number of nitrogens with one attached hydrogen (secondary N) is 1. The molecule has 98 valence electrons. The SMILES string of the molecule is CC(C)Cc1ccc(C2NC(C(=O)O)CS2)cc1. The van der Waals surface area contributed by atoms with Gasteiger partial charge in [-0.3, -0.25) is 10.1 Å². The minimum Gasteiger partial charge on any atom is -0.480 e. The molecular weight excluding hydrogens is 246 g/mol. The zero-order chi connectivity index (χ0) is 13.1. The van der Waals surface area contributed by atoms with Crippen molar-refractivity contribution in [1.29, 1.82) is 0 Å². The van der Waals surface area contributed by atoms with E-state index in [1.54, 1.807) is 11.8 Å². The lowest BCUT2D eigenvalue weighted by Gasteiger charge is -2.12. The molecule has 2 N–H and O–H groups in total. The van der Waals surface area contributed by atoms with Crippen LogP contribution >= 0.6 is 11.8 Å². The Morgan fingerprint density at radius 2 is 2.11 bits per heavy atom. The second kappa shape index (κ2) is 5.76. The normalized spacial score (nSPS) is 23.5. The van der Waals surface area contributed by atoms with Crippen LogP contribution < -0.4 is 5.32 Å². The number of carbonyl (C=O) groups is 1. The molecule has 18 heavy (non-hydrogen) atoms. The molecule has 2 rings (SSSR count). The van der Waals surface area contributed by atoms with Crippen molar-refractivity contribution in [2.45, 2.75) is 31.7 Å². The summed E-state index contributed by atoms with van der Waals surface area (Å²) < 4.78 is 0. The number of hydrogen-bond acceptors (Lipinski definition) is 3. The maximum absolute atomic E-state index is 10.9. The number of hydrogen-bond donors (Lipinski definition) is 2. The highest BCUT2D eigenvalue weighted by molar-refractivity contribution is 7.99. The predicted molar refractivity (Wildman–Crippen MR) is 74.7 cm³/mol. The first-order valence-corrected chi connectivity index (χ1v) is 7.30. The van der Waals surface area contributed by atoms with Gasteiger partial charge in [-0.2, -0.15) is 0 Å². The summed E-state index contributed by atoms with van der Waals surface area (Å²) in [4.78, 5) is 10.9. The molecule has 0 bridgehead atoms. The van der Waals surface area contributed by atoms with Gasteiger partial charge in [0.15, 0.2) is 0 Å². The summed E-state index contributed by atoms with van der Waals surface area (Å²) in [5.74, 6) is 0.529. The van der Waals surface area contributed by atoms with Gasteiger partial charge in [-0.25, -0.2) is 0 Å². The van der Waals surface area contributed by atoms with Crippen LogP contribution in [0.2, 0.25) is 0 Å². The smallest absolute Gasteiger partial charge is 0.321 e. The van der Waals surface area contributed by atoms with Crippen molar-refractivity contribution in [1.82, 2.24) is 5.32 Å². The summed E-state index contributed by atoms with van der Waals surface area (Å²) in [5.41, 5.74) is 2.50. The molecule has 1 saturated heterocycles. The third kappa shape index (κ3) is 3.27. The summed E-state index contributed by atoms with van der Waals surface area (Å²) in [5, 5.41) is 12.2. The Hall–Kier alpha value is -1.00. The zero-order valence-corrected chi connectivity index (χ0v) is 11.5. The molecule has 0 spiro atoms. The van der Waals surface area contributed by atoms with Crippen molar-refractivity contribution >= 4 is 17.7 Å². The van der Waals surface area contributed by atoms with Crippen LogP contribution in [0.1, 0.15) is 30.3 Å². The van der Waals surface area contributed by atoms with Crippen LogP contribution in [0.15, 0.2) is 24.3 Å². The molecule has 0 aromatic heterocycles. The first-order chi connectivity index (χ1) is 8.56. The minimum atomic E-state index is -0.763. The molecule has 0 radical (unpaired) electrons. The van der Waals surface area contributed by atoms with E-state index in [1.165, 1.54) is 5.56 Å². The first kappa shape index (κ1) is 13.4. The number of aliphatic carboxylic acids is 1. The van der Waals surface area contributed by atoms with Crippen LogP contribution in [-0.4, -0.2) is 22.9 Å². The molecule has 1 aliphatic rings. The Balaban J connectivity index is 2.00. The van der Waals surface area contributed by atoms with Gasteiger partial charge in [-0.15, -0.1) is 11.8 Å². The second-order valence-electron chi connectivity index (χ2n) is 5.11. The van der Waals surface area contributed by atoms with Gasteiger partial charge in [0.25, 0.3) is 0 Å². The van der Waals surface area contributed by atoms with Crippen LogP contribution in [0.4, 0.5) is 0 Å². The lowest BCUT2D eigenvalue weighted by Crippen LogP contribution is -2.33. The van der Waals surface area contributed by atoms with Crippen molar-refractivity contribution in [3.05, 3.63) is 35.4 Å². The van der Waals surface area contributed by atoms with E-state index in [-0.39, 0.29) is 5.37 Å². The molecule has 2 atom stereocenters. The van der Waals surface area contributed by atoms with Crippen molar-refractivity contribution in [3.8, 4) is 0 Å². The Kier molecular flexibility index (Phi) is 4.30. The van der Waals surface area contributed by atoms with E-state index in [2.05, 4.69) is 43.4 Å². The van der Waals surface area contributed by atoms with Gasteiger partial charge < -0.3 is 5.11 Å². The molecular formula is C14H19NO2S. The summed E-state index contributed by atoms with van der Waals surface area (Å²) >= 11 is 1.66. The first-order valence-electron chi connectivity index (χ1n) is 6.25. The molecule has 1 fully saturated rings. The van der Waals surface area contributed by atoms with E-state index in [9.17, 15) is 4.79 Å². The third-order valence-electron chi connectivity index (χ3n) is 3.01. The van der Waals surface area contributed by atoms with Gasteiger partial charge in [0, 0.05) is 5.75 Å². The molecule has 1 aromatic rings. The summed E-state index contributed by atoms with van der Waals surface area (Å²) in [6.07, 6.45) is 1.09. The highest BCUT2D eigenvalue weighted by atomic mass is 32.2. The topological polar surface area (TPSA) is 49.3 Å². The monoisotopic (exact) mass is 265 g/mol. The summed E-state index contributed by atoms with van der Waals surface area (Å²) in [6, 6.07) is 8.08. The van der Waals surface area contributed by atoms with Crippen molar-refractivity contribution < 1.29 is 9.90 Å². The van der Waals surface area contributed by atoms with Gasteiger partial charge in [0.05, 0.1) is 5.37 Å². The molecule has 0 aliphatic carbocycles. The minimum absolute atomic E-state index is 0.110. The van der Waals surface area contributed by atoms with Crippen LogP contribution in [0.3, 0.4) is 0 Å². The molecule has 1 aromatic carbocycles. The molecule has 0 saturated carbocycles. The number of thioether (sulfide) groups is 1. The van der Waals surface area contributed by atoms with E-state index < -0.39 is 12.0 Å². The van der Waals surface area contributed by atoms with Crippen LogP contribution in [0.5, 0.6) is 0 Å². The third-order valence-corrected chi connectivity index (χ3v) is 4.27. The highest BCUT2D eigenvalue weighted by Crippen LogP contribution is 2.32. The van der Waals surface area contributed by atoms with Gasteiger partial charge in [-0.1, -0.05) is 38.1 Å². The Morgan fingerprint density at radius 3 is 2.61 bits per heavy atom. The molecule has 4 heteroatoms. The fourth-order valence-electron chi connectivity index (χ4n) is 2.11. The van der Waals surface area contributed by atoms with Crippen molar-refractivity contribution in [2.75, 3.05) is 5.75 Å². The standard InChI is InChI=1S/C14H19NO2S/c1-9(2)7-10-3-5-11(6-4-10)13-15-12(8-18-13)14(16)17/h3-6,9,12-13,15H,7-8H2,1-2H3,(H,16,17). The average molecular weight is 265 g/mol. The number of rotatable bonds is 4. The van der Waals surface area contributed by atoms with Gasteiger partial charge in [0.2, 0.25) is 0 Å². The fraction of sp³-hybridized carbons (Fsp3) is 0.500. The molecule has 0 amide bonds. The van der Waals surface area contributed by atoms with E-state index in [4.69, 9.17) is 5.11 Å². The molecule has 1 heterocycles. The van der Waals surface area contributed by atoms with Crippen LogP contribution in [0.25, 0.3) is 0 Å².